The molecule has 0 aliphatic heterocycles. The zero-order valence-electron chi connectivity index (χ0n) is 13.8. The Morgan fingerprint density at radius 1 is 1.14 bits per heavy atom. The minimum absolute atomic E-state index is 0.0571. The van der Waals surface area contributed by atoms with Gasteiger partial charge in [-0.2, -0.15) is 8.78 Å². The van der Waals surface area contributed by atoms with Gasteiger partial charge in [-0.15, -0.1) is 10.2 Å². The molecule has 0 amide bonds. The monoisotopic (exact) mass is 407 g/mol. The normalized spacial score (nSPS) is 11.6. The Hall–Kier alpha value is -3.27. The highest BCUT2D eigenvalue weighted by Crippen LogP contribution is 2.31. The van der Waals surface area contributed by atoms with Crippen LogP contribution in [0.2, 0.25) is 0 Å². The van der Waals surface area contributed by atoms with Gasteiger partial charge in [-0.1, -0.05) is 18.2 Å². The third-order valence-electron chi connectivity index (χ3n) is 3.32. The molecule has 0 atom stereocenters. The minimum Gasteiger partial charge on any atom is -0.544 e. The quantitative estimate of drug-likeness (QED) is 0.438. The van der Waals surface area contributed by atoms with Crippen LogP contribution in [-0.4, -0.2) is 22.8 Å². The summed E-state index contributed by atoms with van der Waals surface area (Å²) in [4.78, 5) is 11.1. The average molecular weight is 407 g/mol. The standard InChI is InChI=1S/C18H11F3N2O4S/c19-12-7-5-10(6-8-12)15-22-23-18(27-15)28-14(16(24)25)9-11-3-1-2-4-13(11)26-17(20)21/h1-9,17H,(H,24,25)/p-1/b14-9+. The number of rotatable bonds is 7. The van der Waals surface area contributed by atoms with Crippen LogP contribution in [-0.2, 0) is 4.79 Å². The highest BCUT2D eigenvalue weighted by Gasteiger charge is 2.14. The summed E-state index contributed by atoms with van der Waals surface area (Å²) in [6.07, 6.45) is 1.10. The first-order valence-electron chi connectivity index (χ1n) is 7.66. The molecule has 0 fully saturated rings. The number of carboxylic acid groups (broad SMARTS) is 1. The lowest BCUT2D eigenvalue weighted by Gasteiger charge is -2.10. The average Bonchev–Trinajstić information content (AvgIpc) is 3.11. The van der Waals surface area contributed by atoms with E-state index in [0.717, 1.165) is 6.08 Å². The highest BCUT2D eigenvalue weighted by molar-refractivity contribution is 8.03. The number of carboxylic acids is 1. The smallest absolute Gasteiger partial charge is 0.387 e. The summed E-state index contributed by atoms with van der Waals surface area (Å²) < 4.78 is 47.7. The maximum absolute atomic E-state index is 13.0. The van der Waals surface area contributed by atoms with Crippen molar-refractivity contribution in [2.75, 3.05) is 0 Å². The molecule has 6 nitrogen and oxygen atoms in total. The van der Waals surface area contributed by atoms with Gasteiger partial charge in [0, 0.05) is 16.0 Å². The number of para-hydroxylation sites is 1. The van der Waals surface area contributed by atoms with E-state index in [2.05, 4.69) is 14.9 Å². The summed E-state index contributed by atoms with van der Waals surface area (Å²) >= 11 is 0.580. The van der Waals surface area contributed by atoms with E-state index in [-0.39, 0.29) is 27.3 Å². The van der Waals surface area contributed by atoms with Crippen molar-refractivity contribution in [2.24, 2.45) is 0 Å². The maximum atomic E-state index is 13.0. The summed E-state index contributed by atoms with van der Waals surface area (Å²) in [5, 5.41) is 18.8. The summed E-state index contributed by atoms with van der Waals surface area (Å²) in [5.41, 5.74) is 0.545. The van der Waals surface area contributed by atoms with Crippen LogP contribution in [0.1, 0.15) is 5.56 Å². The lowest BCUT2D eigenvalue weighted by atomic mass is 10.2. The van der Waals surface area contributed by atoms with Gasteiger partial charge >= 0.3 is 6.61 Å². The summed E-state index contributed by atoms with van der Waals surface area (Å²) in [5.74, 6) is -2.15. The number of halogens is 3. The van der Waals surface area contributed by atoms with E-state index >= 15 is 0 Å². The molecule has 144 valence electrons. The van der Waals surface area contributed by atoms with Crippen LogP contribution in [0, 0.1) is 5.82 Å². The zero-order valence-corrected chi connectivity index (χ0v) is 14.7. The van der Waals surface area contributed by atoms with E-state index in [9.17, 15) is 23.1 Å². The number of carbonyl (C=O) groups excluding carboxylic acids is 1. The molecule has 0 bridgehead atoms. The van der Waals surface area contributed by atoms with Crippen LogP contribution in [0.15, 0.2) is 63.1 Å². The van der Waals surface area contributed by atoms with Crippen LogP contribution in [0.5, 0.6) is 5.75 Å². The number of benzene rings is 2. The molecule has 3 aromatic rings. The molecule has 0 N–H and O–H groups in total. The van der Waals surface area contributed by atoms with Crippen LogP contribution >= 0.6 is 11.8 Å². The topological polar surface area (TPSA) is 88.3 Å². The van der Waals surface area contributed by atoms with Crippen LogP contribution in [0.4, 0.5) is 13.2 Å². The van der Waals surface area contributed by atoms with Crippen molar-refractivity contribution < 1.29 is 32.2 Å². The Kier molecular flexibility index (Phi) is 5.99. The number of aliphatic carboxylic acids is 1. The molecule has 0 aliphatic rings. The molecular formula is C18H10F3N2O4S-. The van der Waals surface area contributed by atoms with E-state index in [1.165, 1.54) is 48.5 Å². The second-order valence-electron chi connectivity index (χ2n) is 5.19. The van der Waals surface area contributed by atoms with Gasteiger partial charge in [-0.05, 0) is 48.2 Å². The predicted molar refractivity (Wildman–Crippen MR) is 91.6 cm³/mol. The molecule has 28 heavy (non-hydrogen) atoms. The van der Waals surface area contributed by atoms with Crippen LogP contribution in [0.3, 0.4) is 0 Å². The third kappa shape index (κ3) is 4.92. The Morgan fingerprint density at radius 2 is 1.86 bits per heavy atom. The van der Waals surface area contributed by atoms with E-state index in [4.69, 9.17) is 4.42 Å². The first-order valence-corrected chi connectivity index (χ1v) is 8.48. The molecule has 0 aliphatic carbocycles. The Balaban J connectivity index is 1.86. The fourth-order valence-corrected chi connectivity index (χ4v) is 2.79. The number of nitrogens with zero attached hydrogens (tertiary/aromatic N) is 2. The number of carbonyl (C=O) groups is 1. The fourth-order valence-electron chi connectivity index (χ4n) is 2.13. The van der Waals surface area contributed by atoms with Crippen molar-refractivity contribution in [3.8, 4) is 17.2 Å². The van der Waals surface area contributed by atoms with Gasteiger partial charge < -0.3 is 19.1 Å². The largest absolute Gasteiger partial charge is 0.544 e. The van der Waals surface area contributed by atoms with Crippen molar-refractivity contribution in [3.05, 3.63) is 64.8 Å². The SMILES string of the molecule is O=C([O-])/C(=C\c1ccccc1OC(F)F)Sc1nnc(-c2ccc(F)cc2)o1. The van der Waals surface area contributed by atoms with Gasteiger partial charge in [-0.25, -0.2) is 4.39 Å². The zero-order chi connectivity index (χ0) is 20.1. The lowest BCUT2D eigenvalue weighted by molar-refractivity contribution is -0.298. The van der Waals surface area contributed by atoms with E-state index in [1.807, 2.05) is 0 Å². The summed E-state index contributed by atoms with van der Waals surface area (Å²) in [7, 11) is 0. The van der Waals surface area contributed by atoms with Gasteiger partial charge in [-0.3, -0.25) is 0 Å². The fraction of sp³-hybridized carbons (Fsp3) is 0.0556. The number of thioether (sulfide) groups is 1. The number of ether oxygens (including phenoxy) is 1. The van der Waals surface area contributed by atoms with Gasteiger partial charge in [0.15, 0.2) is 0 Å². The third-order valence-corrected chi connectivity index (χ3v) is 4.16. The first kappa shape index (κ1) is 19.5. The van der Waals surface area contributed by atoms with Crippen molar-refractivity contribution in [2.45, 2.75) is 11.8 Å². The molecule has 0 spiro atoms. The molecule has 0 saturated carbocycles. The molecule has 0 saturated heterocycles. The lowest BCUT2D eigenvalue weighted by Crippen LogP contribution is -2.23. The number of hydrogen-bond donors (Lipinski definition) is 0. The minimum atomic E-state index is -3.07. The predicted octanol–water partition coefficient (Wildman–Crippen LogP) is 3.36. The van der Waals surface area contributed by atoms with Gasteiger partial charge in [0.05, 0.1) is 5.97 Å². The Labute approximate surface area is 160 Å². The molecule has 3 rings (SSSR count). The summed E-state index contributed by atoms with van der Waals surface area (Å²) in [6, 6.07) is 10.9. The van der Waals surface area contributed by atoms with Gasteiger partial charge in [0.25, 0.3) is 5.22 Å². The van der Waals surface area contributed by atoms with E-state index in [1.54, 1.807) is 0 Å². The molecule has 2 aromatic carbocycles. The van der Waals surface area contributed by atoms with Crippen LogP contribution < -0.4 is 9.84 Å². The van der Waals surface area contributed by atoms with Gasteiger partial charge in [0.2, 0.25) is 5.89 Å². The molecular weight excluding hydrogens is 397 g/mol. The molecule has 0 radical (unpaired) electrons. The number of hydrogen-bond acceptors (Lipinski definition) is 7. The second kappa shape index (κ2) is 8.61. The Bertz CT molecular complexity index is 1010. The van der Waals surface area contributed by atoms with E-state index < -0.39 is 18.4 Å². The van der Waals surface area contributed by atoms with Crippen LogP contribution in [0.25, 0.3) is 17.5 Å². The van der Waals surface area contributed by atoms with E-state index in [0.29, 0.717) is 17.3 Å². The Morgan fingerprint density at radius 3 is 2.54 bits per heavy atom. The summed E-state index contributed by atoms with van der Waals surface area (Å²) in [6.45, 7) is -3.07. The van der Waals surface area contributed by atoms with Crippen molar-refractivity contribution in [3.63, 3.8) is 0 Å². The maximum Gasteiger partial charge on any atom is 0.387 e. The molecule has 1 aromatic heterocycles. The van der Waals surface area contributed by atoms with Crippen molar-refractivity contribution in [1.82, 2.24) is 10.2 Å². The van der Waals surface area contributed by atoms with Gasteiger partial charge in [0.1, 0.15) is 11.6 Å². The first-order chi connectivity index (χ1) is 13.4. The molecule has 0 unspecified atom stereocenters. The van der Waals surface area contributed by atoms with Crippen molar-refractivity contribution in [1.29, 1.82) is 0 Å². The highest BCUT2D eigenvalue weighted by atomic mass is 32.2. The number of alkyl halides is 2. The number of aromatic nitrogens is 2. The second-order valence-corrected chi connectivity index (χ2v) is 6.19. The molecule has 1 heterocycles. The van der Waals surface area contributed by atoms with Crippen molar-refractivity contribution >= 4 is 23.8 Å². The molecule has 10 heteroatoms.